The zero-order valence-electron chi connectivity index (χ0n) is 13.4. The zero-order chi connectivity index (χ0) is 17.2. The van der Waals surface area contributed by atoms with Crippen molar-refractivity contribution < 1.29 is 23.1 Å². The summed E-state index contributed by atoms with van der Waals surface area (Å²) in [6, 6.07) is 0. The van der Waals surface area contributed by atoms with Crippen molar-refractivity contribution in [1.82, 2.24) is 14.7 Å². The number of aliphatic hydroxyl groups excluding tert-OH is 1. The summed E-state index contributed by atoms with van der Waals surface area (Å²) in [6.45, 7) is 3.39. The Labute approximate surface area is 133 Å². The van der Waals surface area contributed by atoms with Gasteiger partial charge in [-0.3, -0.25) is 9.48 Å². The minimum Gasteiger partial charge on any atom is -0.396 e. The van der Waals surface area contributed by atoms with Crippen molar-refractivity contribution >= 4 is 5.91 Å². The van der Waals surface area contributed by atoms with Crippen molar-refractivity contribution in [2.75, 3.05) is 19.7 Å². The van der Waals surface area contributed by atoms with Gasteiger partial charge >= 0.3 is 6.18 Å². The highest BCUT2D eigenvalue weighted by atomic mass is 19.4. The summed E-state index contributed by atoms with van der Waals surface area (Å²) in [5, 5.41) is 12.9. The molecule has 1 saturated heterocycles. The molecule has 0 unspecified atom stereocenters. The van der Waals surface area contributed by atoms with Crippen LogP contribution in [0.5, 0.6) is 0 Å². The molecule has 1 amide bonds. The Balaban J connectivity index is 2.04. The lowest BCUT2D eigenvalue weighted by Gasteiger charge is -2.16. The maximum absolute atomic E-state index is 12.5. The van der Waals surface area contributed by atoms with Gasteiger partial charge in [-0.05, 0) is 32.6 Å². The van der Waals surface area contributed by atoms with Crippen LogP contribution < -0.4 is 0 Å². The number of nitrogens with zero attached hydrogens (tertiary/aromatic N) is 3. The third kappa shape index (κ3) is 4.46. The molecule has 2 rings (SSSR count). The first kappa shape index (κ1) is 17.8. The van der Waals surface area contributed by atoms with Crippen LogP contribution in [0.25, 0.3) is 0 Å². The number of aryl methyl sites for hydroxylation is 1. The predicted octanol–water partition coefficient (Wildman–Crippen LogP) is 1.84. The van der Waals surface area contributed by atoms with Crippen LogP contribution in [-0.2, 0) is 17.8 Å². The van der Waals surface area contributed by atoms with E-state index in [1.807, 2.05) is 0 Å². The van der Waals surface area contributed by atoms with Crippen molar-refractivity contribution in [1.29, 1.82) is 0 Å². The number of alkyl halides is 3. The number of rotatable bonds is 5. The Morgan fingerprint density at radius 2 is 2.09 bits per heavy atom. The molecule has 2 heterocycles. The monoisotopic (exact) mass is 333 g/mol. The molecule has 0 aliphatic carbocycles. The first-order chi connectivity index (χ1) is 10.7. The first-order valence-corrected chi connectivity index (χ1v) is 7.69. The molecular formula is C15H22F3N3O2. The van der Waals surface area contributed by atoms with E-state index in [1.54, 1.807) is 18.7 Å². The molecule has 0 bridgehead atoms. The Kier molecular flexibility index (Phi) is 5.33. The number of aromatic nitrogens is 2. The minimum atomic E-state index is -4.34. The Hall–Kier alpha value is -1.57. The Morgan fingerprint density at radius 1 is 1.39 bits per heavy atom. The van der Waals surface area contributed by atoms with E-state index in [-0.39, 0.29) is 18.9 Å². The van der Waals surface area contributed by atoms with Gasteiger partial charge in [0.25, 0.3) is 0 Å². The number of amides is 1. The van der Waals surface area contributed by atoms with Crippen molar-refractivity contribution in [2.45, 2.75) is 45.8 Å². The van der Waals surface area contributed by atoms with Crippen LogP contribution in [0.1, 0.15) is 29.8 Å². The summed E-state index contributed by atoms with van der Waals surface area (Å²) in [5.74, 6) is 0.210. The van der Waals surface area contributed by atoms with Gasteiger partial charge in [-0.15, -0.1) is 0 Å². The molecule has 1 aromatic heterocycles. The van der Waals surface area contributed by atoms with E-state index >= 15 is 0 Å². The maximum atomic E-state index is 12.5. The van der Waals surface area contributed by atoms with Crippen LogP contribution in [0.15, 0.2) is 0 Å². The number of hydrogen-bond donors (Lipinski definition) is 1. The quantitative estimate of drug-likeness (QED) is 0.894. The number of carbonyl (C=O) groups is 1. The molecule has 0 saturated carbocycles. The second kappa shape index (κ2) is 6.90. The van der Waals surface area contributed by atoms with Gasteiger partial charge in [0.1, 0.15) is 6.54 Å². The van der Waals surface area contributed by atoms with Gasteiger partial charge in [0.2, 0.25) is 5.91 Å². The normalized spacial score (nSPS) is 18.7. The number of carbonyl (C=O) groups excluding carboxylic acids is 1. The van der Waals surface area contributed by atoms with Gasteiger partial charge in [-0.25, -0.2) is 0 Å². The van der Waals surface area contributed by atoms with E-state index in [0.717, 1.165) is 11.1 Å². The largest absolute Gasteiger partial charge is 0.408 e. The lowest BCUT2D eigenvalue weighted by Crippen LogP contribution is -2.30. The highest BCUT2D eigenvalue weighted by Gasteiger charge is 2.31. The van der Waals surface area contributed by atoms with E-state index in [9.17, 15) is 18.0 Å². The Morgan fingerprint density at radius 3 is 2.70 bits per heavy atom. The number of likely N-dealkylation sites (tertiary alicyclic amines) is 1. The molecule has 0 radical (unpaired) electrons. The molecule has 1 aromatic rings. The first-order valence-electron chi connectivity index (χ1n) is 7.69. The van der Waals surface area contributed by atoms with Crippen LogP contribution in [0.3, 0.4) is 0 Å². The molecule has 5 nitrogen and oxygen atoms in total. The van der Waals surface area contributed by atoms with Crippen LogP contribution in [0.4, 0.5) is 13.2 Å². The maximum Gasteiger partial charge on any atom is 0.408 e. The molecule has 0 aromatic carbocycles. The van der Waals surface area contributed by atoms with Crippen LogP contribution in [-0.4, -0.2) is 51.6 Å². The average molecular weight is 333 g/mol. The summed E-state index contributed by atoms with van der Waals surface area (Å²) in [4.78, 5) is 14.1. The van der Waals surface area contributed by atoms with Crippen molar-refractivity contribution in [3.63, 3.8) is 0 Å². The summed E-state index contributed by atoms with van der Waals surface area (Å²) < 4.78 is 38.5. The fraction of sp³-hybridized carbons (Fsp3) is 0.733. The van der Waals surface area contributed by atoms with Crippen LogP contribution in [0.2, 0.25) is 0 Å². The van der Waals surface area contributed by atoms with Crippen LogP contribution in [0, 0.1) is 19.8 Å². The van der Waals surface area contributed by atoms with Gasteiger partial charge in [-0.1, -0.05) is 0 Å². The lowest BCUT2D eigenvalue weighted by atomic mass is 10.1. The third-order valence-electron chi connectivity index (χ3n) is 4.36. The lowest BCUT2D eigenvalue weighted by molar-refractivity contribution is -0.143. The summed E-state index contributed by atoms with van der Waals surface area (Å²) >= 11 is 0. The fourth-order valence-electron chi connectivity index (χ4n) is 3.05. The van der Waals surface area contributed by atoms with Crippen molar-refractivity contribution in [3.05, 3.63) is 17.0 Å². The van der Waals surface area contributed by atoms with Crippen molar-refractivity contribution in [3.8, 4) is 0 Å². The molecule has 8 heteroatoms. The highest BCUT2D eigenvalue weighted by Crippen LogP contribution is 2.23. The van der Waals surface area contributed by atoms with Gasteiger partial charge in [0.15, 0.2) is 0 Å². The van der Waals surface area contributed by atoms with E-state index < -0.39 is 12.7 Å². The summed E-state index contributed by atoms with van der Waals surface area (Å²) in [5.41, 5.74) is 1.43. The second-order valence-corrected chi connectivity index (χ2v) is 6.11. The van der Waals surface area contributed by atoms with Crippen molar-refractivity contribution in [2.24, 2.45) is 5.92 Å². The topological polar surface area (TPSA) is 58.4 Å². The van der Waals surface area contributed by atoms with E-state index in [0.29, 0.717) is 42.4 Å². The smallest absolute Gasteiger partial charge is 0.396 e. The molecule has 1 aliphatic rings. The van der Waals surface area contributed by atoms with Crippen LogP contribution >= 0.6 is 0 Å². The van der Waals surface area contributed by atoms with Gasteiger partial charge < -0.3 is 10.0 Å². The SMILES string of the molecule is Cc1nn(CC(F)(F)F)c(C)c1CC(=O)N1CC[C@H](CCO)C1. The van der Waals surface area contributed by atoms with E-state index in [2.05, 4.69) is 5.10 Å². The zero-order valence-corrected chi connectivity index (χ0v) is 13.4. The molecule has 1 aliphatic heterocycles. The van der Waals surface area contributed by atoms with Gasteiger partial charge in [0, 0.05) is 31.0 Å². The standard InChI is InChI=1S/C15H22F3N3O2/c1-10-13(11(2)21(19-10)9-15(16,17)18)7-14(23)20-5-3-12(8-20)4-6-22/h12,22H,3-9H2,1-2H3/t12-/m1/s1. The summed E-state index contributed by atoms with van der Waals surface area (Å²) in [7, 11) is 0. The number of aliphatic hydroxyl groups is 1. The molecular weight excluding hydrogens is 311 g/mol. The average Bonchev–Trinajstić information content (AvgIpc) is 2.99. The molecule has 1 fully saturated rings. The third-order valence-corrected chi connectivity index (χ3v) is 4.36. The van der Waals surface area contributed by atoms with Gasteiger partial charge in [-0.2, -0.15) is 18.3 Å². The number of hydrogen-bond acceptors (Lipinski definition) is 3. The number of halogens is 3. The molecule has 1 atom stereocenters. The molecule has 0 spiro atoms. The second-order valence-electron chi connectivity index (χ2n) is 6.11. The van der Waals surface area contributed by atoms with E-state index in [1.165, 1.54) is 0 Å². The van der Waals surface area contributed by atoms with E-state index in [4.69, 9.17) is 5.11 Å². The highest BCUT2D eigenvalue weighted by molar-refractivity contribution is 5.79. The molecule has 23 heavy (non-hydrogen) atoms. The summed E-state index contributed by atoms with van der Waals surface area (Å²) in [6.07, 6.45) is -2.73. The fourth-order valence-corrected chi connectivity index (χ4v) is 3.05. The Bertz CT molecular complexity index is 569. The minimum absolute atomic E-state index is 0.0708. The predicted molar refractivity (Wildman–Crippen MR) is 77.8 cm³/mol. The molecule has 1 N–H and O–H groups in total. The van der Waals surface area contributed by atoms with Gasteiger partial charge in [0.05, 0.1) is 12.1 Å². The molecule has 130 valence electrons.